The monoisotopic (exact) mass is 385 g/mol. The molecule has 1 saturated heterocycles. The Hall–Kier alpha value is -1.71. The van der Waals surface area contributed by atoms with Gasteiger partial charge in [0.05, 0.1) is 36.4 Å². The van der Waals surface area contributed by atoms with Crippen molar-refractivity contribution in [3.63, 3.8) is 0 Å². The van der Waals surface area contributed by atoms with Crippen LogP contribution in [0.4, 0.5) is 5.82 Å². The number of anilines is 1. The molecule has 1 fully saturated rings. The van der Waals surface area contributed by atoms with Crippen LogP contribution < -0.4 is 4.90 Å². The van der Waals surface area contributed by atoms with E-state index in [4.69, 9.17) is 16.3 Å². The van der Waals surface area contributed by atoms with Crippen molar-refractivity contribution >= 4 is 27.3 Å². The van der Waals surface area contributed by atoms with Crippen molar-refractivity contribution in [3.05, 3.63) is 28.9 Å². The van der Waals surface area contributed by atoms with Crippen LogP contribution in [0.3, 0.4) is 0 Å². The number of morpholine rings is 1. The molecule has 3 rings (SSSR count). The summed E-state index contributed by atoms with van der Waals surface area (Å²) in [5.41, 5.74) is 0.821. The van der Waals surface area contributed by atoms with Gasteiger partial charge in [-0.15, -0.1) is 0 Å². The van der Waals surface area contributed by atoms with Gasteiger partial charge in [0.25, 0.3) is 0 Å². The number of aromatic nitrogens is 4. The summed E-state index contributed by atoms with van der Waals surface area (Å²) in [6.45, 7) is 5.53. The molecule has 1 aliphatic rings. The predicted octanol–water partition coefficient (Wildman–Crippen LogP) is 1.37. The Morgan fingerprint density at radius 3 is 2.80 bits per heavy atom. The maximum atomic E-state index is 12.7. The molecular formula is C15H20ClN5O3S. The lowest BCUT2D eigenvalue weighted by Crippen LogP contribution is -2.44. The fourth-order valence-electron chi connectivity index (χ4n) is 2.90. The van der Waals surface area contributed by atoms with Gasteiger partial charge < -0.3 is 9.64 Å². The molecule has 0 N–H and O–H groups in total. The SMILES string of the molecule is Cc1nn(C)cc1S(=O)(=O)Cc1cc(N2CCOC[C@@H]2C)nc(Cl)n1. The molecule has 0 bridgehead atoms. The van der Waals surface area contributed by atoms with Crippen molar-refractivity contribution in [3.8, 4) is 0 Å². The second-order valence-electron chi connectivity index (χ2n) is 6.12. The molecule has 1 atom stereocenters. The van der Waals surface area contributed by atoms with Gasteiger partial charge in [0.1, 0.15) is 10.7 Å². The van der Waals surface area contributed by atoms with Gasteiger partial charge in [0.15, 0.2) is 9.84 Å². The topological polar surface area (TPSA) is 90.2 Å². The van der Waals surface area contributed by atoms with E-state index in [0.717, 1.165) is 0 Å². The van der Waals surface area contributed by atoms with Crippen LogP contribution in [0.1, 0.15) is 18.3 Å². The number of halogens is 1. The second-order valence-corrected chi connectivity index (χ2v) is 8.41. The van der Waals surface area contributed by atoms with Crippen molar-refractivity contribution in [2.75, 3.05) is 24.7 Å². The van der Waals surface area contributed by atoms with Crippen molar-refractivity contribution in [2.24, 2.45) is 7.05 Å². The summed E-state index contributed by atoms with van der Waals surface area (Å²) in [5.74, 6) is 0.358. The third-order valence-electron chi connectivity index (χ3n) is 4.04. The first-order valence-electron chi connectivity index (χ1n) is 7.87. The van der Waals surface area contributed by atoms with Gasteiger partial charge in [-0.1, -0.05) is 0 Å². The highest BCUT2D eigenvalue weighted by atomic mass is 35.5. The highest BCUT2D eigenvalue weighted by Crippen LogP contribution is 2.23. The first-order chi connectivity index (χ1) is 11.8. The van der Waals surface area contributed by atoms with E-state index in [1.54, 1.807) is 20.0 Å². The summed E-state index contributed by atoms with van der Waals surface area (Å²) in [5, 5.41) is 4.13. The van der Waals surface area contributed by atoms with E-state index in [2.05, 4.69) is 15.1 Å². The van der Waals surface area contributed by atoms with Crippen molar-refractivity contribution in [1.82, 2.24) is 19.7 Å². The number of hydrogen-bond acceptors (Lipinski definition) is 7. The Balaban J connectivity index is 1.91. The van der Waals surface area contributed by atoms with Crippen molar-refractivity contribution in [1.29, 1.82) is 0 Å². The molecule has 0 aromatic carbocycles. The molecule has 0 spiro atoms. The molecule has 10 heteroatoms. The summed E-state index contributed by atoms with van der Waals surface area (Å²) < 4.78 is 32.3. The molecule has 2 aromatic rings. The molecule has 0 radical (unpaired) electrons. The molecule has 1 aliphatic heterocycles. The quantitative estimate of drug-likeness (QED) is 0.734. The standard InChI is InChI=1S/C15H20ClN5O3S/c1-10-8-24-5-4-21(10)14-6-12(17-15(16)18-14)9-25(22,23)13-7-20(3)19-11(13)2/h6-7,10H,4-5,8-9H2,1-3H3/t10-/m0/s1. The van der Waals surface area contributed by atoms with Crippen molar-refractivity contribution < 1.29 is 13.2 Å². The molecule has 2 aromatic heterocycles. The molecule has 0 amide bonds. The van der Waals surface area contributed by atoms with Crippen LogP contribution in [0.2, 0.25) is 5.28 Å². The van der Waals surface area contributed by atoms with Crippen LogP contribution >= 0.6 is 11.6 Å². The second kappa shape index (κ2) is 6.89. The summed E-state index contributed by atoms with van der Waals surface area (Å²) in [6.07, 6.45) is 1.50. The molecule has 8 nitrogen and oxygen atoms in total. The Labute approximate surface area is 151 Å². The number of sulfone groups is 1. The van der Waals surface area contributed by atoms with Crippen LogP contribution in [0, 0.1) is 6.92 Å². The Bertz CT molecular complexity index is 883. The largest absolute Gasteiger partial charge is 0.377 e. The number of nitrogens with zero attached hydrogens (tertiary/aromatic N) is 5. The fourth-order valence-corrected chi connectivity index (χ4v) is 4.59. The van der Waals surface area contributed by atoms with Crippen LogP contribution in [0.15, 0.2) is 17.2 Å². The van der Waals surface area contributed by atoms with E-state index in [0.29, 0.717) is 37.0 Å². The zero-order chi connectivity index (χ0) is 18.2. The maximum Gasteiger partial charge on any atom is 0.224 e. The molecule has 0 saturated carbocycles. The fraction of sp³-hybridized carbons (Fsp3) is 0.533. The molecule has 0 aliphatic carbocycles. The van der Waals surface area contributed by atoms with Gasteiger partial charge >= 0.3 is 0 Å². The third kappa shape index (κ3) is 3.94. The molecule has 0 unspecified atom stereocenters. The molecule has 136 valence electrons. The zero-order valence-electron chi connectivity index (χ0n) is 14.3. The van der Waals surface area contributed by atoms with E-state index >= 15 is 0 Å². The molecule has 3 heterocycles. The summed E-state index contributed by atoms with van der Waals surface area (Å²) in [6, 6.07) is 1.81. The average molecular weight is 386 g/mol. The summed E-state index contributed by atoms with van der Waals surface area (Å²) in [4.78, 5) is 10.6. The number of hydrogen-bond donors (Lipinski definition) is 0. The van der Waals surface area contributed by atoms with Crippen LogP contribution in [-0.4, -0.2) is 54.0 Å². The van der Waals surface area contributed by atoms with Crippen LogP contribution in [0.25, 0.3) is 0 Å². The van der Waals surface area contributed by atoms with Gasteiger partial charge in [0.2, 0.25) is 5.28 Å². The number of ether oxygens (including phenoxy) is 1. The molecule has 25 heavy (non-hydrogen) atoms. The third-order valence-corrected chi connectivity index (χ3v) is 5.96. The van der Waals surface area contributed by atoms with Crippen molar-refractivity contribution in [2.45, 2.75) is 30.5 Å². The predicted molar refractivity (Wildman–Crippen MR) is 93.5 cm³/mol. The Kier molecular flexibility index (Phi) is 4.99. The maximum absolute atomic E-state index is 12.7. The van der Waals surface area contributed by atoms with E-state index in [-0.39, 0.29) is 22.0 Å². The van der Waals surface area contributed by atoms with E-state index in [1.165, 1.54) is 10.9 Å². The minimum absolute atomic E-state index is 0.0318. The lowest BCUT2D eigenvalue weighted by atomic mass is 10.2. The number of aryl methyl sites for hydroxylation is 2. The highest BCUT2D eigenvalue weighted by Gasteiger charge is 2.25. The van der Waals surface area contributed by atoms with Gasteiger partial charge in [-0.25, -0.2) is 18.4 Å². The lowest BCUT2D eigenvalue weighted by Gasteiger charge is -2.34. The highest BCUT2D eigenvalue weighted by molar-refractivity contribution is 7.90. The van der Waals surface area contributed by atoms with Crippen LogP contribution in [-0.2, 0) is 27.4 Å². The lowest BCUT2D eigenvalue weighted by molar-refractivity contribution is 0.0985. The Morgan fingerprint density at radius 1 is 1.40 bits per heavy atom. The average Bonchev–Trinajstić information content (AvgIpc) is 2.86. The zero-order valence-corrected chi connectivity index (χ0v) is 15.9. The normalized spacial score (nSPS) is 18.6. The summed E-state index contributed by atoms with van der Waals surface area (Å²) in [7, 11) is -1.89. The first-order valence-corrected chi connectivity index (χ1v) is 9.90. The van der Waals surface area contributed by atoms with E-state index in [1.807, 2.05) is 11.8 Å². The molecular weight excluding hydrogens is 366 g/mol. The Morgan fingerprint density at radius 2 is 2.16 bits per heavy atom. The summed E-state index contributed by atoms with van der Waals surface area (Å²) >= 11 is 6.04. The first kappa shape index (κ1) is 18.1. The number of rotatable bonds is 4. The smallest absolute Gasteiger partial charge is 0.224 e. The van der Waals surface area contributed by atoms with E-state index < -0.39 is 9.84 Å². The van der Waals surface area contributed by atoms with Gasteiger partial charge in [-0.3, -0.25) is 4.68 Å². The van der Waals surface area contributed by atoms with E-state index in [9.17, 15) is 8.42 Å². The minimum atomic E-state index is -3.58. The van der Waals surface area contributed by atoms with Gasteiger partial charge in [-0.2, -0.15) is 5.10 Å². The van der Waals surface area contributed by atoms with Gasteiger partial charge in [-0.05, 0) is 25.4 Å². The van der Waals surface area contributed by atoms with Crippen LogP contribution in [0.5, 0.6) is 0 Å². The van der Waals surface area contributed by atoms with Gasteiger partial charge in [0, 0.05) is 25.9 Å². The minimum Gasteiger partial charge on any atom is -0.377 e.